The van der Waals surface area contributed by atoms with Gasteiger partial charge in [-0.3, -0.25) is 0 Å². The minimum absolute atomic E-state index is 0.208. The third kappa shape index (κ3) is 3.50. The zero-order chi connectivity index (χ0) is 14.5. The van der Waals surface area contributed by atoms with Gasteiger partial charge in [0, 0.05) is 21.1 Å². The van der Waals surface area contributed by atoms with Gasteiger partial charge in [0.1, 0.15) is 11.6 Å². The fourth-order valence-electron chi connectivity index (χ4n) is 1.65. The molecule has 6 heteroatoms. The standard InChI is InChI=1S/C14H18N4O2/c1-17(2)13-7-6-11(9-15-13)16-14(19)18(3)10-12-5-4-8-20-12/h4-9H,10H2,1-3H3,(H,16,19). The van der Waals surface area contributed by atoms with Crippen LogP contribution in [-0.4, -0.2) is 37.1 Å². The molecule has 0 aliphatic rings. The highest BCUT2D eigenvalue weighted by Gasteiger charge is 2.11. The Morgan fingerprint density at radius 2 is 2.10 bits per heavy atom. The van der Waals surface area contributed by atoms with Crippen molar-refractivity contribution >= 4 is 17.5 Å². The molecule has 0 atom stereocenters. The molecule has 2 aromatic heterocycles. The SMILES string of the molecule is CN(Cc1ccco1)C(=O)Nc1ccc(N(C)C)nc1. The summed E-state index contributed by atoms with van der Waals surface area (Å²) in [5, 5.41) is 2.78. The van der Waals surface area contributed by atoms with E-state index in [0.29, 0.717) is 12.2 Å². The number of nitrogens with one attached hydrogen (secondary N) is 1. The van der Waals surface area contributed by atoms with Crippen LogP contribution in [0.1, 0.15) is 5.76 Å². The monoisotopic (exact) mass is 274 g/mol. The molecular weight excluding hydrogens is 256 g/mol. The van der Waals surface area contributed by atoms with Crippen LogP contribution in [0.4, 0.5) is 16.3 Å². The molecule has 0 unspecified atom stereocenters. The van der Waals surface area contributed by atoms with Crippen LogP contribution in [0.25, 0.3) is 0 Å². The predicted octanol–water partition coefficient (Wildman–Crippen LogP) is 2.40. The first-order valence-corrected chi connectivity index (χ1v) is 6.24. The maximum Gasteiger partial charge on any atom is 0.322 e. The lowest BCUT2D eigenvalue weighted by atomic mass is 10.4. The van der Waals surface area contributed by atoms with E-state index in [1.807, 2.05) is 37.2 Å². The summed E-state index contributed by atoms with van der Waals surface area (Å²) in [6.45, 7) is 0.419. The Bertz CT molecular complexity index is 549. The van der Waals surface area contributed by atoms with Gasteiger partial charge in [-0.15, -0.1) is 0 Å². The van der Waals surface area contributed by atoms with Crippen molar-refractivity contribution in [2.24, 2.45) is 0 Å². The molecule has 0 saturated heterocycles. The molecule has 0 spiro atoms. The van der Waals surface area contributed by atoms with Gasteiger partial charge in [-0.05, 0) is 24.3 Å². The minimum atomic E-state index is -0.208. The summed E-state index contributed by atoms with van der Waals surface area (Å²) in [6.07, 6.45) is 3.22. The number of furan rings is 1. The lowest BCUT2D eigenvalue weighted by Crippen LogP contribution is -2.30. The quantitative estimate of drug-likeness (QED) is 0.930. The zero-order valence-corrected chi connectivity index (χ0v) is 11.8. The number of aromatic nitrogens is 1. The summed E-state index contributed by atoms with van der Waals surface area (Å²) in [7, 11) is 5.54. The van der Waals surface area contributed by atoms with Gasteiger partial charge in [0.05, 0.1) is 24.7 Å². The second-order valence-electron chi connectivity index (χ2n) is 4.67. The van der Waals surface area contributed by atoms with Crippen molar-refractivity contribution in [2.45, 2.75) is 6.54 Å². The van der Waals surface area contributed by atoms with E-state index in [1.54, 1.807) is 30.5 Å². The van der Waals surface area contributed by atoms with E-state index in [4.69, 9.17) is 4.42 Å². The molecule has 2 aromatic rings. The Morgan fingerprint density at radius 1 is 1.30 bits per heavy atom. The van der Waals surface area contributed by atoms with E-state index in [9.17, 15) is 4.79 Å². The summed E-state index contributed by atoms with van der Waals surface area (Å²) >= 11 is 0. The summed E-state index contributed by atoms with van der Waals surface area (Å²) in [5.74, 6) is 1.58. The molecule has 0 fully saturated rings. The van der Waals surface area contributed by atoms with Gasteiger partial charge < -0.3 is 19.5 Å². The lowest BCUT2D eigenvalue weighted by Gasteiger charge is -2.17. The van der Waals surface area contributed by atoms with Crippen LogP contribution < -0.4 is 10.2 Å². The number of carbonyl (C=O) groups is 1. The molecule has 0 aliphatic heterocycles. The van der Waals surface area contributed by atoms with Crippen molar-refractivity contribution in [1.29, 1.82) is 0 Å². The molecule has 0 radical (unpaired) electrons. The third-order valence-corrected chi connectivity index (χ3v) is 2.78. The Morgan fingerprint density at radius 3 is 2.65 bits per heavy atom. The fraction of sp³-hybridized carbons (Fsp3) is 0.286. The van der Waals surface area contributed by atoms with Gasteiger partial charge in [-0.1, -0.05) is 0 Å². The van der Waals surface area contributed by atoms with E-state index >= 15 is 0 Å². The van der Waals surface area contributed by atoms with Gasteiger partial charge in [0.25, 0.3) is 0 Å². The first kappa shape index (κ1) is 13.9. The van der Waals surface area contributed by atoms with Gasteiger partial charge in [-0.2, -0.15) is 0 Å². The first-order chi connectivity index (χ1) is 9.56. The second kappa shape index (κ2) is 6.10. The highest BCUT2D eigenvalue weighted by molar-refractivity contribution is 5.88. The fourth-order valence-corrected chi connectivity index (χ4v) is 1.65. The number of anilines is 2. The summed E-state index contributed by atoms with van der Waals surface area (Å²) < 4.78 is 5.21. The summed E-state index contributed by atoms with van der Waals surface area (Å²) in [6, 6.07) is 7.09. The average molecular weight is 274 g/mol. The zero-order valence-electron chi connectivity index (χ0n) is 11.8. The summed E-state index contributed by atoms with van der Waals surface area (Å²) in [5.41, 5.74) is 0.659. The van der Waals surface area contributed by atoms with Crippen LogP contribution in [0.3, 0.4) is 0 Å². The Labute approximate surface area is 118 Å². The first-order valence-electron chi connectivity index (χ1n) is 6.24. The molecule has 6 nitrogen and oxygen atoms in total. The van der Waals surface area contributed by atoms with Crippen molar-refractivity contribution < 1.29 is 9.21 Å². The van der Waals surface area contributed by atoms with E-state index in [-0.39, 0.29) is 6.03 Å². The molecular formula is C14H18N4O2. The molecule has 0 saturated carbocycles. The number of hydrogen-bond donors (Lipinski definition) is 1. The second-order valence-corrected chi connectivity index (χ2v) is 4.67. The highest BCUT2D eigenvalue weighted by atomic mass is 16.3. The predicted molar refractivity (Wildman–Crippen MR) is 77.8 cm³/mol. The normalized spacial score (nSPS) is 10.2. The van der Waals surface area contributed by atoms with Crippen molar-refractivity contribution in [3.8, 4) is 0 Å². The van der Waals surface area contributed by atoms with Crippen LogP contribution in [-0.2, 0) is 6.54 Å². The smallest absolute Gasteiger partial charge is 0.322 e. The van der Waals surface area contributed by atoms with Crippen molar-refractivity contribution in [3.05, 3.63) is 42.5 Å². The number of amides is 2. The number of pyridine rings is 1. The molecule has 106 valence electrons. The molecule has 0 aromatic carbocycles. The topological polar surface area (TPSA) is 61.6 Å². The van der Waals surface area contributed by atoms with Gasteiger partial charge in [0.15, 0.2) is 0 Å². The van der Waals surface area contributed by atoms with Crippen LogP contribution in [0, 0.1) is 0 Å². The van der Waals surface area contributed by atoms with Crippen molar-refractivity contribution in [2.75, 3.05) is 31.4 Å². The van der Waals surface area contributed by atoms with Crippen LogP contribution in [0.15, 0.2) is 41.1 Å². The van der Waals surface area contributed by atoms with Crippen LogP contribution in [0.5, 0.6) is 0 Å². The maximum atomic E-state index is 12.0. The molecule has 0 bridgehead atoms. The third-order valence-electron chi connectivity index (χ3n) is 2.78. The Kier molecular flexibility index (Phi) is 4.24. The number of rotatable bonds is 4. The number of hydrogen-bond acceptors (Lipinski definition) is 4. The minimum Gasteiger partial charge on any atom is -0.467 e. The highest BCUT2D eigenvalue weighted by Crippen LogP contribution is 2.12. The van der Waals surface area contributed by atoms with Gasteiger partial charge >= 0.3 is 6.03 Å². The van der Waals surface area contributed by atoms with E-state index < -0.39 is 0 Å². The lowest BCUT2D eigenvalue weighted by molar-refractivity contribution is 0.217. The van der Waals surface area contributed by atoms with Crippen molar-refractivity contribution in [1.82, 2.24) is 9.88 Å². The molecule has 2 amide bonds. The molecule has 0 aliphatic carbocycles. The van der Waals surface area contributed by atoms with E-state index in [1.165, 1.54) is 0 Å². The van der Waals surface area contributed by atoms with Crippen LogP contribution >= 0.6 is 0 Å². The number of carbonyl (C=O) groups excluding carboxylic acids is 1. The Hall–Kier alpha value is -2.50. The van der Waals surface area contributed by atoms with Crippen molar-refractivity contribution in [3.63, 3.8) is 0 Å². The number of urea groups is 1. The molecule has 2 heterocycles. The van der Waals surface area contributed by atoms with Crippen LogP contribution in [0.2, 0.25) is 0 Å². The maximum absolute atomic E-state index is 12.0. The molecule has 1 N–H and O–H groups in total. The molecule has 2 rings (SSSR count). The van der Waals surface area contributed by atoms with Gasteiger partial charge in [0.2, 0.25) is 0 Å². The molecule has 20 heavy (non-hydrogen) atoms. The van der Waals surface area contributed by atoms with E-state index in [0.717, 1.165) is 11.6 Å². The van der Waals surface area contributed by atoms with Gasteiger partial charge in [-0.25, -0.2) is 9.78 Å². The largest absolute Gasteiger partial charge is 0.467 e. The summed E-state index contributed by atoms with van der Waals surface area (Å²) in [4.78, 5) is 19.7. The average Bonchev–Trinajstić information content (AvgIpc) is 2.92. The Balaban J connectivity index is 1.93. The number of nitrogens with zero attached hydrogens (tertiary/aromatic N) is 3. The van der Waals surface area contributed by atoms with E-state index in [2.05, 4.69) is 10.3 Å².